The van der Waals surface area contributed by atoms with Crippen molar-refractivity contribution in [1.82, 2.24) is 26.1 Å². The first-order chi connectivity index (χ1) is 40.9. The van der Waals surface area contributed by atoms with Crippen LogP contribution in [0.1, 0.15) is 157 Å². The Hall–Kier alpha value is -8.54. The van der Waals surface area contributed by atoms with Crippen molar-refractivity contribution in [3.8, 4) is 11.1 Å². The number of aryl methyl sites for hydroxylation is 1. The first kappa shape index (κ1) is 69.9. The number of amides is 3. The number of unbranched alkanes of at least 4 members (excludes halogenated alkanes) is 8. The number of halogens is 1. The number of carboxylic acid groups (broad SMARTS) is 5. The quantitative estimate of drug-likeness (QED) is 0.0210. The van der Waals surface area contributed by atoms with Crippen molar-refractivity contribution in [3.05, 3.63) is 88.9 Å². The molecule has 0 spiro atoms. The summed E-state index contributed by atoms with van der Waals surface area (Å²) in [5, 5.41) is 62.4. The summed E-state index contributed by atoms with van der Waals surface area (Å²) in [4.78, 5) is 147. The maximum atomic E-state index is 14.2. The highest BCUT2D eigenvalue weighted by molar-refractivity contribution is 5.99. The number of fused-ring (bicyclic) bond motifs is 1. The Bertz CT molecular complexity index is 3030. The van der Waals surface area contributed by atoms with E-state index in [1.165, 1.54) is 6.07 Å². The fourth-order valence-corrected chi connectivity index (χ4v) is 9.86. The lowest BCUT2D eigenvalue weighted by molar-refractivity contribution is -0.145. The van der Waals surface area contributed by atoms with Crippen LogP contribution in [0.15, 0.2) is 60.7 Å². The molecule has 0 unspecified atom stereocenters. The molecule has 86 heavy (non-hydrogen) atoms. The number of Topliss-reactive ketones (excluding diaryl/α,β-unsaturated/α-hetero) is 4. The second-order valence-electron chi connectivity index (χ2n) is 21.8. The largest absolute Gasteiger partial charge is 0.481 e. The summed E-state index contributed by atoms with van der Waals surface area (Å²) >= 11 is 0. The van der Waals surface area contributed by atoms with Crippen LogP contribution in [0, 0.1) is 24.6 Å². The van der Waals surface area contributed by atoms with Gasteiger partial charge >= 0.3 is 29.8 Å². The third-order valence-corrected chi connectivity index (χ3v) is 14.7. The number of hydrogen-bond acceptors (Lipinski definition) is 14. The van der Waals surface area contributed by atoms with E-state index < -0.39 is 160 Å². The molecule has 1 heterocycles. The molecule has 0 saturated heterocycles. The molecule has 0 aliphatic rings. The smallest absolute Gasteiger partial charge is 0.326 e. The molecule has 3 aromatic carbocycles. The van der Waals surface area contributed by atoms with E-state index in [1.807, 2.05) is 49.4 Å². The number of aromatic amines is 1. The molecule has 466 valence electrons. The normalized spacial score (nSPS) is 12.9. The number of aromatic nitrogens is 2. The summed E-state index contributed by atoms with van der Waals surface area (Å²) in [6.07, 6.45) is 3.62. The number of carboxylic acids is 5. The third-order valence-electron chi connectivity index (χ3n) is 14.7. The Morgan fingerprint density at radius 3 is 1.71 bits per heavy atom. The first-order valence-corrected chi connectivity index (χ1v) is 29.0. The lowest BCUT2D eigenvalue weighted by Crippen LogP contribution is -2.41. The fraction of sp³-hybridized carbons (Fsp3) is 0.500. The lowest BCUT2D eigenvalue weighted by atomic mass is 9.93. The van der Waals surface area contributed by atoms with Crippen molar-refractivity contribution in [3.63, 3.8) is 0 Å². The van der Waals surface area contributed by atoms with Crippen LogP contribution in [-0.4, -0.2) is 131 Å². The monoisotopic (exact) mass is 1200 g/mol. The summed E-state index contributed by atoms with van der Waals surface area (Å²) in [5.74, 6) is -14.2. The van der Waals surface area contributed by atoms with Crippen molar-refractivity contribution in [2.45, 2.75) is 179 Å². The van der Waals surface area contributed by atoms with Crippen LogP contribution >= 0.6 is 0 Å². The average Bonchev–Trinajstić information content (AvgIpc) is 3.26. The number of carbonyl (C=O) groups excluding carboxylic acids is 7. The molecular weight excluding hydrogens is 1120 g/mol. The molecule has 24 heteroatoms. The van der Waals surface area contributed by atoms with Gasteiger partial charge in [0.1, 0.15) is 35.3 Å². The van der Waals surface area contributed by atoms with Gasteiger partial charge in [0.05, 0.1) is 29.1 Å². The number of ketones is 4. The van der Waals surface area contributed by atoms with Crippen molar-refractivity contribution >= 4 is 81.6 Å². The Morgan fingerprint density at radius 1 is 0.558 bits per heavy atom. The van der Waals surface area contributed by atoms with Gasteiger partial charge in [-0.2, -0.15) is 5.10 Å². The maximum Gasteiger partial charge on any atom is 0.326 e. The van der Waals surface area contributed by atoms with Crippen molar-refractivity contribution in [2.24, 2.45) is 17.6 Å². The van der Waals surface area contributed by atoms with Gasteiger partial charge in [0.2, 0.25) is 17.7 Å². The number of aliphatic carboxylic acids is 5. The first-order valence-electron chi connectivity index (χ1n) is 29.0. The molecular formula is C62H79FN6O17. The molecule has 1 aromatic heterocycles. The van der Waals surface area contributed by atoms with Gasteiger partial charge < -0.3 is 47.2 Å². The van der Waals surface area contributed by atoms with Gasteiger partial charge in [0.15, 0.2) is 5.78 Å². The summed E-state index contributed by atoms with van der Waals surface area (Å²) in [6, 6.07) is 13.7. The van der Waals surface area contributed by atoms with E-state index in [4.69, 9.17) is 10.8 Å². The molecule has 23 nitrogen and oxygen atoms in total. The minimum absolute atomic E-state index is 0.0200. The predicted molar refractivity (Wildman–Crippen MR) is 311 cm³/mol. The number of rotatable bonds is 44. The van der Waals surface area contributed by atoms with E-state index in [1.54, 1.807) is 12.1 Å². The lowest BCUT2D eigenvalue weighted by Gasteiger charge is -2.17. The highest BCUT2D eigenvalue weighted by Crippen LogP contribution is 2.31. The molecule has 4 rings (SSSR count). The van der Waals surface area contributed by atoms with Crippen LogP contribution in [0.4, 0.5) is 4.39 Å². The zero-order valence-electron chi connectivity index (χ0n) is 48.4. The summed E-state index contributed by atoms with van der Waals surface area (Å²) in [5.41, 5.74) is 11.4. The van der Waals surface area contributed by atoms with Crippen LogP contribution in [-0.2, 0) is 76.8 Å². The Morgan fingerprint density at radius 2 is 1.13 bits per heavy atom. The van der Waals surface area contributed by atoms with Gasteiger partial charge in [-0.3, -0.25) is 53.0 Å². The van der Waals surface area contributed by atoms with Crippen LogP contribution in [0.3, 0.4) is 0 Å². The molecule has 0 bridgehead atoms. The highest BCUT2D eigenvalue weighted by atomic mass is 19.1. The highest BCUT2D eigenvalue weighted by Gasteiger charge is 2.30. The van der Waals surface area contributed by atoms with Crippen LogP contribution < -0.4 is 21.7 Å². The number of nitrogens with zero attached hydrogens (tertiary/aromatic N) is 1. The topological polar surface area (TPSA) is 397 Å². The number of carbonyl (C=O) groups is 12. The fourth-order valence-electron chi connectivity index (χ4n) is 9.86. The SMILES string of the molecule is Cc1ccc(F)c(CC(=O)Cc2ccc(-c3cccc4n[nH]c(CC(=O)CCCCCCCCCCCNC(=O)C[C@H](N)C(=O)C[C@@H](CCC(=O)N[C@@H](CCC(=O)C[C@@H](CCC(=O)N[C@@H](CCC(=O)O)C(=O)O)C(=O)O)C(=O)O)C(=O)O)c34)cc2)c1. The second-order valence-corrected chi connectivity index (χ2v) is 21.8. The zero-order valence-corrected chi connectivity index (χ0v) is 48.4. The van der Waals surface area contributed by atoms with Gasteiger partial charge in [-0.1, -0.05) is 99.0 Å². The van der Waals surface area contributed by atoms with Crippen LogP contribution in [0.5, 0.6) is 0 Å². The molecule has 0 aliphatic carbocycles. The van der Waals surface area contributed by atoms with E-state index in [9.17, 15) is 82.4 Å². The number of nitrogens with two attached hydrogens (primary N) is 1. The van der Waals surface area contributed by atoms with Crippen LogP contribution in [0.2, 0.25) is 0 Å². The molecule has 3 amide bonds. The Labute approximate surface area is 496 Å². The van der Waals surface area contributed by atoms with Gasteiger partial charge in [0.25, 0.3) is 0 Å². The third kappa shape index (κ3) is 25.4. The van der Waals surface area contributed by atoms with Crippen molar-refractivity contribution in [2.75, 3.05) is 6.54 Å². The summed E-state index contributed by atoms with van der Waals surface area (Å²) < 4.78 is 14.2. The van der Waals surface area contributed by atoms with E-state index in [0.717, 1.165) is 90.2 Å². The standard InChI is InChI=1S/C62H79FN6O17/c1-37-15-23-47(63)42(30-37)33-45(72)31-38-16-18-39(19-17-38)46-13-11-14-49-58(46)52(69-68-49)35-43(70)12-9-7-5-3-2-4-6-8-10-29-65-56(76)36-48(64)53(73)34-41(60(81)82)21-27-55(75)66-50(61(83)84)24-22-44(71)32-40(59(79)80)20-26-54(74)67-51(62(85)86)25-28-57(77)78/h11,13-19,23,30,40-41,48,50-51H,2-10,12,20-22,24-29,31-36,64H2,1H3,(H,65,76)(H,66,75)(H,67,74)(H,68,69)(H,77,78)(H,79,80)(H,81,82)(H,83,84)(H,85,86)/t40-,41-,48+,50+,51+/m1/s1. The van der Waals surface area contributed by atoms with Gasteiger partial charge in [-0.15, -0.1) is 0 Å². The molecule has 11 N–H and O–H groups in total. The predicted octanol–water partition coefficient (Wildman–Crippen LogP) is 6.54. The number of benzene rings is 3. The number of hydrogen-bond donors (Lipinski definition) is 10. The van der Waals surface area contributed by atoms with E-state index in [2.05, 4.69) is 26.1 Å². The molecule has 0 radical (unpaired) electrons. The van der Waals surface area contributed by atoms with Gasteiger partial charge in [0, 0.05) is 82.6 Å². The minimum Gasteiger partial charge on any atom is -0.481 e. The van der Waals surface area contributed by atoms with E-state index in [0.29, 0.717) is 24.9 Å². The van der Waals surface area contributed by atoms with Crippen LogP contribution in [0.25, 0.3) is 22.0 Å². The number of H-pyrrole nitrogens is 1. The zero-order chi connectivity index (χ0) is 63.3. The molecule has 0 saturated carbocycles. The Balaban J connectivity index is 1.05. The van der Waals surface area contributed by atoms with Gasteiger partial charge in [-0.05, 0) is 79.8 Å². The summed E-state index contributed by atoms with van der Waals surface area (Å²) in [6.45, 7) is 2.21. The van der Waals surface area contributed by atoms with E-state index in [-0.39, 0.29) is 36.6 Å². The maximum absolute atomic E-state index is 14.2. The molecule has 0 aliphatic heterocycles. The van der Waals surface area contributed by atoms with Crippen molar-refractivity contribution in [1.29, 1.82) is 0 Å². The molecule has 4 aromatic rings. The van der Waals surface area contributed by atoms with E-state index >= 15 is 0 Å². The Kier molecular flexibility index (Phi) is 29.6. The summed E-state index contributed by atoms with van der Waals surface area (Å²) in [7, 11) is 0. The minimum atomic E-state index is -1.64. The molecule has 0 fully saturated rings. The second kappa shape index (κ2) is 36.3. The average molecular weight is 1200 g/mol. The molecule has 5 atom stereocenters. The van der Waals surface area contributed by atoms with Crippen molar-refractivity contribution < 1.29 is 87.5 Å². The van der Waals surface area contributed by atoms with Gasteiger partial charge in [-0.25, -0.2) is 14.0 Å². The number of nitrogens with one attached hydrogen (secondary N) is 4.